The Morgan fingerprint density at radius 3 is 2.75 bits per heavy atom. The molecule has 0 unspecified atom stereocenters. The Hall–Kier alpha value is -0.390. The van der Waals surface area contributed by atoms with Crippen LogP contribution in [-0.2, 0) is 19.0 Å². The van der Waals surface area contributed by atoms with Crippen molar-refractivity contribution >= 4 is 10.1 Å². The first-order valence-electron chi connectivity index (χ1n) is 5.81. The fourth-order valence-corrected chi connectivity index (χ4v) is 2.82. The van der Waals surface area contributed by atoms with Crippen molar-refractivity contribution in [2.24, 2.45) is 5.92 Å². The SMILES string of the molecule is [2H][C@@]1(OS(C)(=O)=O)C[C@@H](C(=C)C)C[C@@H]2O[C@@]21C. The van der Waals surface area contributed by atoms with Crippen molar-refractivity contribution in [1.82, 2.24) is 0 Å². The molecule has 1 saturated heterocycles. The third-order valence-corrected chi connectivity index (χ3v) is 3.88. The molecule has 2 rings (SSSR count). The van der Waals surface area contributed by atoms with Gasteiger partial charge in [0.15, 0.2) is 0 Å². The maximum absolute atomic E-state index is 11.3. The lowest BCUT2D eigenvalue weighted by Gasteiger charge is -2.30. The summed E-state index contributed by atoms with van der Waals surface area (Å²) in [4.78, 5) is 0. The minimum absolute atomic E-state index is 0.0785. The third kappa shape index (κ3) is 2.17. The van der Waals surface area contributed by atoms with Crippen LogP contribution in [-0.4, -0.2) is 32.5 Å². The Balaban J connectivity index is 2.27. The maximum atomic E-state index is 11.3. The smallest absolute Gasteiger partial charge is 0.264 e. The van der Waals surface area contributed by atoms with Crippen LogP contribution in [0.15, 0.2) is 12.2 Å². The molecule has 2 aliphatic rings. The van der Waals surface area contributed by atoms with Gasteiger partial charge in [-0.15, -0.1) is 0 Å². The second-order valence-electron chi connectivity index (χ2n) is 4.91. The topological polar surface area (TPSA) is 55.9 Å². The molecule has 4 atom stereocenters. The van der Waals surface area contributed by atoms with E-state index < -0.39 is 21.8 Å². The van der Waals surface area contributed by atoms with E-state index in [2.05, 4.69) is 6.58 Å². The van der Waals surface area contributed by atoms with E-state index in [1.807, 2.05) is 6.92 Å². The standard InChI is InChI=1S/C11H18O4S/c1-7(2)8-5-9-11(3,14-9)10(6-8)15-16(4,12)13/h8-10H,1,5-6H2,2-4H3/t8-,9-,10+,11-/m0/s1/i10D. The Morgan fingerprint density at radius 2 is 2.25 bits per heavy atom. The molecule has 0 spiro atoms. The number of allylic oxidation sites excluding steroid dienone is 1. The summed E-state index contributed by atoms with van der Waals surface area (Å²) in [5, 5.41) is 0. The highest BCUT2D eigenvalue weighted by Gasteiger charge is 2.62. The Bertz CT molecular complexity index is 460. The third-order valence-electron chi connectivity index (χ3n) is 3.38. The highest BCUT2D eigenvalue weighted by Crippen LogP contribution is 2.52. The molecule has 0 aromatic heterocycles. The highest BCUT2D eigenvalue weighted by molar-refractivity contribution is 7.86. The van der Waals surface area contributed by atoms with Crippen LogP contribution in [0.3, 0.4) is 0 Å². The zero-order valence-corrected chi connectivity index (χ0v) is 10.6. The largest absolute Gasteiger partial charge is 0.363 e. The van der Waals surface area contributed by atoms with Crippen molar-refractivity contribution in [1.29, 1.82) is 0 Å². The van der Waals surface area contributed by atoms with E-state index in [1.54, 1.807) is 6.92 Å². The van der Waals surface area contributed by atoms with Crippen LogP contribution >= 0.6 is 0 Å². The summed E-state index contributed by atoms with van der Waals surface area (Å²) < 4.78 is 41.3. The zero-order chi connectivity index (χ0) is 13.1. The minimum Gasteiger partial charge on any atom is -0.363 e. The second kappa shape index (κ2) is 3.55. The molecular weight excluding hydrogens is 228 g/mol. The second-order valence-corrected chi connectivity index (χ2v) is 6.48. The molecule has 2 fully saturated rings. The van der Waals surface area contributed by atoms with E-state index in [0.717, 1.165) is 18.2 Å². The van der Waals surface area contributed by atoms with Gasteiger partial charge < -0.3 is 4.74 Å². The molecule has 0 N–H and O–H groups in total. The lowest BCUT2D eigenvalue weighted by atomic mass is 9.78. The van der Waals surface area contributed by atoms with E-state index in [9.17, 15) is 8.42 Å². The van der Waals surface area contributed by atoms with Gasteiger partial charge in [0.05, 0.1) is 13.7 Å². The average molecular weight is 247 g/mol. The van der Waals surface area contributed by atoms with Crippen LogP contribution in [0, 0.1) is 5.92 Å². The normalized spacial score (nSPS) is 48.1. The summed E-state index contributed by atoms with van der Waals surface area (Å²) in [5.74, 6) is 0.0785. The van der Waals surface area contributed by atoms with Crippen molar-refractivity contribution < 1.29 is 18.7 Å². The van der Waals surface area contributed by atoms with Gasteiger partial charge in [-0.2, -0.15) is 8.42 Å². The number of hydrogen-bond acceptors (Lipinski definition) is 4. The van der Waals surface area contributed by atoms with Crippen LogP contribution in [0.4, 0.5) is 0 Å². The molecule has 4 nitrogen and oxygen atoms in total. The van der Waals surface area contributed by atoms with Crippen molar-refractivity contribution in [2.45, 2.75) is 44.5 Å². The Morgan fingerprint density at radius 1 is 1.62 bits per heavy atom. The number of ether oxygens (including phenoxy) is 1. The van der Waals surface area contributed by atoms with Crippen LogP contribution in [0.2, 0.25) is 0 Å². The van der Waals surface area contributed by atoms with E-state index in [0.29, 0.717) is 6.42 Å². The molecule has 16 heavy (non-hydrogen) atoms. The van der Waals surface area contributed by atoms with Crippen molar-refractivity contribution in [3.63, 3.8) is 0 Å². The monoisotopic (exact) mass is 247 g/mol. The molecule has 1 aliphatic carbocycles. The maximum Gasteiger partial charge on any atom is 0.264 e. The molecule has 1 aliphatic heterocycles. The molecule has 92 valence electrons. The van der Waals surface area contributed by atoms with Crippen LogP contribution < -0.4 is 0 Å². The molecule has 0 bridgehead atoms. The van der Waals surface area contributed by atoms with E-state index in [-0.39, 0.29) is 12.0 Å². The predicted octanol–water partition coefficient (Wildman–Crippen LogP) is 1.47. The van der Waals surface area contributed by atoms with Crippen LogP contribution in [0.5, 0.6) is 0 Å². The minimum atomic E-state index is -3.67. The first-order valence-corrected chi connectivity index (χ1v) is 7.13. The first kappa shape index (κ1) is 10.7. The molecule has 0 radical (unpaired) electrons. The summed E-state index contributed by atoms with van der Waals surface area (Å²) in [6, 6.07) is 0. The van der Waals surface area contributed by atoms with Gasteiger partial charge in [0.1, 0.15) is 11.7 Å². The Kier molecular flexibility index (Phi) is 2.38. The van der Waals surface area contributed by atoms with Gasteiger partial charge in [0, 0.05) is 0 Å². The quantitative estimate of drug-likeness (QED) is 0.430. The first-order chi connectivity index (χ1) is 7.57. The molecule has 0 aromatic rings. The van der Waals surface area contributed by atoms with Crippen LogP contribution in [0.25, 0.3) is 0 Å². The fraction of sp³-hybridized carbons (Fsp3) is 0.818. The van der Waals surface area contributed by atoms with E-state index in [1.165, 1.54) is 0 Å². The van der Waals surface area contributed by atoms with E-state index in [4.69, 9.17) is 10.3 Å². The van der Waals surface area contributed by atoms with Gasteiger partial charge in [0.25, 0.3) is 10.1 Å². The zero-order valence-electron chi connectivity index (χ0n) is 10.8. The van der Waals surface area contributed by atoms with Crippen molar-refractivity contribution in [2.75, 3.05) is 6.26 Å². The highest BCUT2D eigenvalue weighted by atomic mass is 32.2. The predicted molar refractivity (Wildman–Crippen MR) is 60.5 cm³/mol. The van der Waals surface area contributed by atoms with Gasteiger partial charge >= 0.3 is 0 Å². The number of rotatable bonds is 3. The number of hydrogen-bond donors (Lipinski definition) is 0. The molecule has 0 amide bonds. The number of fused-ring (bicyclic) bond motifs is 1. The summed E-state index contributed by atoms with van der Waals surface area (Å²) >= 11 is 0. The summed E-state index contributed by atoms with van der Waals surface area (Å²) in [6.07, 6.45) is 0.431. The van der Waals surface area contributed by atoms with Gasteiger partial charge in [-0.05, 0) is 32.6 Å². The molecular formula is C11H18O4S. The lowest BCUT2D eigenvalue weighted by Crippen LogP contribution is -2.39. The van der Waals surface area contributed by atoms with Gasteiger partial charge in [0.2, 0.25) is 0 Å². The van der Waals surface area contributed by atoms with Crippen molar-refractivity contribution in [3.8, 4) is 0 Å². The lowest BCUT2D eigenvalue weighted by molar-refractivity contribution is 0.0929. The Labute approximate surface area is 98.2 Å². The molecule has 0 aromatic carbocycles. The summed E-state index contributed by atoms with van der Waals surface area (Å²) in [6.45, 7) is 7.50. The van der Waals surface area contributed by atoms with Gasteiger partial charge in [-0.3, -0.25) is 4.18 Å². The molecule has 5 heteroatoms. The van der Waals surface area contributed by atoms with Gasteiger partial charge in [-0.25, -0.2) is 0 Å². The molecule has 1 saturated carbocycles. The van der Waals surface area contributed by atoms with E-state index >= 15 is 0 Å². The number of epoxide rings is 1. The van der Waals surface area contributed by atoms with Gasteiger partial charge in [-0.1, -0.05) is 12.2 Å². The summed E-state index contributed by atoms with van der Waals surface area (Å²) in [5.41, 5.74) is 0.137. The van der Waals surface area contributed by atoms with Crippen molar-refractivity contribution in [3.05, 3.63) is 12.2 Å². The average Bonchev–Trinajstić information content (AvgIpc) is 2.74. The van der Waals surface area contributed by atoms with Crippen LogP contribution in [0.1, 0.15) is 28.1 Å². The summed E-state index contributed by atoms with van der Waals surface area (Å²) in [7, 11) is -3.67. The fourth-order valence-electron chi connectivity index (χ4n) is 2.22. The molecule has 1 heterocycles.